The predicted molar refractivity (Wildman–Crippen MR) is 141 cm³/mol. The van der Waals surface area contributed by atoms with Crippen LogP contribution >= 0.6 is 8.16 Å². The third-order valence-corrected chi connectivity index (χ3v) is 8.97. The lowest BCUT2D eigenvalue weighted by Crippen LogP contribution is -2.45. The molecule has 4 aromatic carbocycles. The second kappa shape index (κ2) is 7.88. The summed E-state index contributed by atoms with van der Waals surface area (Å²) >= 11 is 0. The Morgan fingerprint density at radius 1 is 0.735 bits per heavy atom. The Balaban J connectivity index is 1.66. The summed E-state index contributed by atoms with van der Waals surface area (Å²) in [6.07, 6.45) is 1.25. The van der Waals surface area contributed by atoms with E-state index in [0.29, 0.717) is 11.8 Å². The number of rotatable bonds is 1. The van der Waals surface area contributed by atoms with Crippen LogP contribution in [0.1, 0.15) is 17.5 Å². The van der Waals surface area contributed by atoms with Gasteiger partial charge in [-0.15, -0.1) is 0 Å². The Hall–Kier alpha value is -2.78. The number of hydrogen-bond acceptors (Lipinski definition) is 4. The molecule has 2 aliphatic heterocycles. The second-order valence-corrected chi connectivity index (χ2v) is 11.4. The number of piperidine rings is 1. The van der Waals surface area contributed by atoms with Crippen LogP contribution in [0.3, 0.4) is 0 Å². The lowest BCUT2D eigenvalue weighted by molar-refractivity contribution is 0.00763. The summed E-state index contributed by atoms with van der Waals surface area (Å²) in [5.41, 5.74) is 4.24. The Bertz CT molecular complexity index is 1510. The highest BCUT2D eigenvalue weighted by Crippen LogP contribution is 2.45. The molecule has 2 unspecified atom stereocenters. The van der Waals surface area contributed by atoms with Crippen LogP contribution in [0.25, 0.3) is 43.5 Å². The Labute approximate surface area is 199 Å². The average molecular weight is 470 g/mol. The van der Waals surface area contributed by atoms with Crippen LogP contribution in [-0.4, -0.2) is 26.3 Å². The molecule has 0 amide bonds. The largest absolute Gasteiger partial charge is 0.407 e. The van der Waals surface area contributed by atoms with Crippen molar-refractivity contribution in [3.8, 4) is 0 Å². The van der Waals surface area contributed by atoms with Crippen LogP contribution in [0.5, 0.6) is 0 Å². The number of nitrogens with zero attached hydrogens (tertiary/aromatic N) is 1. The van der Waals surface area contributed by atoms with Crippen LogP contribution in [0.2, 0.25) is 0 Å². The van der Waals surface area contributed by atoms with E-state index in [9.17, 15) is 0 Å². The first-order valence-electron chi connectivity index (χ1n) is 12.2. The molecule has 0 spiro atoms. The quantitative estimate of drug-likeness (QED) is 0.251. The molecule has 34 heavy (non-hydrogen) atoms. The molecular formula is C29H28NO3P. The Morgan fingerprint density at radius 3 is 1.76 bits per heavy atom. The van der Waals surface area contributed by atoms with Gasteiger partial charge < -0.3 is 13.1 Å². The fraction of sp³-hybridized carbons (Fsp3) is 0.310. The van der Waals surface area contributed by atoms with Crippen molar-refractivity contribution < 1.29 is 13.1 Å². The lowest BCUT2D eigenvalue weighted by atomic mass is 9.89. The topological polar surface area (TPSA) is 38.8 Å². The number of hydrogen-bond donors (Lipinski definition) is 0. The zero-order valence-corrected chi connectivity index (χ0v) is 20.5. The first kappa shape index (κ1) is 20.6. The van der Waals surface area contributed by atoms with Gasteiger partial charge in [-0.1, -0.05) is 48.5 Å². The highest BCUT2D eigenvalue weighted by atomic mass is 31.1. The number of fused-ring (bicyclic) bond motifs is 9. The predicted octanol–water partition coefficient (Wildman–Crippen LogP) is 7.82. The van der Waals surface area contributed by atoms with Gasteiger partial charge in [-0.2, -0.15) is 0 Å². The first-order valence-corrected chi connectivity index (χ1v) is 13.3. The van der Waals surface area contributed by atoms with Gasteiger partial charge in [0.2, 0.25) is 0 Å². The standard InChI is InChI=1S/C29H28NO3P/c1-18-11-22-7-3-5-9-24(22)26-27-25-10-6-4-8-23(25)12-19(2)29(27)33-34(32-28(18)26)30-14-20-13-21(15-30)17-31-16-20/h3-12,20-21H,13-17H2,1-2H3. The summed E-state index contributed by atoms with van der Waals surface area (Å²) in [4.78, 5) is 0. The highest BCUT2D eigenvalue weighted by Gasteiger charge is 2.34. The molecule has 5 heteroatoms. The summed E-state index contributed by atoms with van der Waals surface area (Å²) in [6, 6.07) is 21.8. The van der Waals surface area contributed by atoms with Crippen molar-refractivity contribution in [3.63, 3.8) is 0 Å². The van der Waals surface area contributed by atoms with E-state index in [0.717, 1.165) is 59.4 Å². The molecule has 2 aliphatic rings. The van der Waals surface area contributed by atoms with Crippen molar-refractivity contribution >= 4 is 51.6 Å². The number of benzene rings is 4. The monoisotopic (exact) mass is 469 g/mol. The van der Waals surface area contributed by atoms with Crippen LogP contribution in [0, 0.1) is 25.7 Å². The van der Waals surface area contributed by atoms with E-state index in [1.807, 2.05) is 0 Å². The molecule has 2 fully saturated rings. The van der Waals surface area contributed by atoms with Crippen molar-refractivity contribution in [2.45, 2.75) is 20.3 Å². The van der Waals surface area contributed by atoms with Crippen molar-refractivity contribution in [3.05, 3.63) is 71.8 Å². The number of ether oxygens (including phenoxy) is 1. The zero-order chi connectivity index (χ0) is 22.8. The van der Waals surface area contributed by atoms with E-state index in [-0.39, 0.29) is 0 Å². The maximum atomic E-state index is 6.91. The molecule has 172 valence electrons. The van der Waals surface area contributed by atoms with Gasteiger partial charge in [-0.05, 0) is 76.9 Å². The molecule has 0 N–H and O–H groups in total. The molecule has 3 heterocycles. The van der Waals surface area contributed by atoms with Gasteiger partial charge in [0, 0.05) is 23.9 Å². The fourth-order valence-electron chi connectivity index (χ4n) is 6.03. The molecule has 5 aromatic rings. The molecule has 2 saturated heterocycles. The second-order valence-electron chi connectivity index (χ2n) is 10.0. The van der Waals surface area contributed by atoms with E-state index in [4.69, 9.17) is 13.1 Å². The van der Waals surface area contributed by atoms with E-state index in [1.54, 1.807) is 0 Å². The molecule has 2 bridgehead atoms. The molecule has 1 aromatic heterocycles. The summed E-state index contributed by atoms with van der Waals surface area (Å²) in [6.45, 7) is 7.95. The maximum absolute atomic E-state index is 6.91. The van der Waals surface area contributed by atoms with Gasteiger partial charge in [0.1, 0.15) is 11.2 Å². The Morgan fingerprint density at radius 2 is 1.24 bits per heavy atom. The van der Waals surface area contributed by atoms with E-state index >= 15 is 0 Å². The van der Waals surface area contributed by atoms with Gasteiger partial charge >= 0.3 is 8.16 Å². The fourth-order valence-corrected chi connectivity index (χ4v) is 7.81. The lowest BCUT2D eigenvalue weighted by Gasteiger charge is -2.39. The summed E-state index contributed by atoms with van der Waals surface area (Å²) < 4.78 is 22.1. The van der Waals surface area contributed by atoms with Crippen LogP contribution < -0.4 is 4.67 Å². The van der Waals surface area contributed by atoms with Crippen molar-refractivity contribution in [1.82, 2.24) is 0 Å². The summed E-state index contributed by atoms with van der Waals surface area (Å²) in [5, 5.41) is 7.21. The minimum absolute atomic E-state index is 0.555. The first-order chi connectivity index (χ1) is 16.7. The summed E-state index contributed by atoms with van der Waals surface area (Å²) in [5.74, 6) is 1.11. The van der Waals surface area contributed by atoms with Crippen LogP contribution in [0.15, 0.2) is 69.1 Å². The molecule has 2 atom stereocenters. The molecule has 4 nitrogen and oxygen atoms in total. The van der Waals surface area contributed by atoms with Crippen molar-refractivity contribution in [2.24, 2.45) is 11.8 Å². The minimum Gasteiger partial charge on any atom is -0.407 e. The van der Waals surface area contributed by atoms with Crippen molar-refractivity contribution in [2.75, 3.05) is 31.0 Å². The summed E-state index contributed by atoms with van der Waals surface area (Å²) in [7, 11) is -1.28. The Kier molecular flexibility index (Phi) is 4.77. The smallest absolute Gasteiger partial charge is 0.309 e. The van der Waals surface area contributed by atoms with Gasteiger partial charge in [0.25, 0.3) is 0 Å². The van der Waals surface area contributed by atoms with E-state index in [1.165, 1.54) is 28.0 Å². The molecule has 0 aliphatic carbocycles. The maximum Gasteiger partial charge on any atom is 0.309 e. The SMILES string of the molecule is Cc1cc2ccccc2c2c1op(N1CC3COCC(C3)C1)oc1c(C)cc3ccccc3c12. The normalized spacial score (nSPS) is 21.0. The third kappa shape index (κ3) is 3.20. The van der Waals surface area contributed by atoms with E-state index < -0.39 is 8.16 Å². The van der Waals surface area contributed by atoms with E-state index in [2.05, 4.69) is 79.2 Å². The average Bonchev–Trinajstić information content (AvgIpc) is 3.03. The highest BCUT2D eigenvalue weighted by molar-refractivity contribution is 7.39. The molecule has 0 saturated carbocycles. The third-order valence-electron chi connectivity index (χ3n) is 7.51. The van der Waals surface area contributed by atoms with Gasteiger partial charge in [0.15, 0.2) is 0 Å². The molecular weight excluding hydrogens is 441 g/mol. The van der Waals surface area contributed by atoms with Crippen LogP contribution in [0.4, 0.5) is 0 Å². The number of aryl methyl sites for hydroxylation is 2. The zero-order valence-electron chi connectivity index (χ0n) is 19.6. The van der Waals surface area contributed by atoms with Gasteiger partial charge in [-0.3, -0.25) is 0 Å². The van der Waals surface area contributed by atoms with Crippen molar-refractivity contribution in [1.29, 1.82) is 0 Å². The van der Waals surface area contributed by atoms with Gasteiger partial charge in [0.05, 0.1) is 13.2 Å². The van der Waals surface area contributed by atoms with Gasteiger partial charge in [-0.25, -0.2) is 4.67 Å². The minimum atomic E-state index is -1.28. The molecule has 0 radical (unpaired) electrons. The van der Waals surface area contributed by atoms with Crippen LogP contribution in [-0.2, 0) is 4.74 Å². The molecule has 7 rings (SSSR count).